The summed E-state index contributed by atoms with van der Waals surface area (Å²) in [6.45, 7) is 8.67. The number of aliphatic carboxylic acids is 1. The number of aliphatic hydroxyl groups excluding tert-OH is 1. The number of halogens is 3. The molecule has 4 N–H and O–H groups in total. The van der Waals surface area contributed by atoms with Crippen molar-refractivity contribution in [2.75, 3.05) is 55.8 Å². The summed E-state index contributed by atoms with van der Waals surface area (Å²) in [5.74, 6) is -2.17. The standard InChI is InChI=1S/C44H53F2N9O9.ClH/c1-4-40(29(2)56)55-42(59)54(27-49-55)35-8-6-33(7-9-35)50-16-18-51(19-17-50)34-10-12-36(13-11-34)62-23-31-22-44(63-24-31,37-14-5-32(45)21-38(37)46)25-53-28-52(26-48-53)30(3)64-43(60)61-20-15-39(47)41(57)58;/h5-14,21,26-31,39-40,56H,4,15-20,22-25,47H2,1-3H3;1H/t29-,30?,31+,39+,40-,44-;/m0./s1. The Bertz CT molecular complexity index is 2430. The van der Waals surface area contributed by atoms with E-state index in [1.807, 2.05) is 55.5 Å². The third-order valence-electron chi connectivity index (χ3n) is 11.7. The second-order valence-electron chi connectivity index (χ2n) is 16.2. The van der Waals surface area contributed by atoms with Crippen LogP contribution in [0, 0.1) is 17.6 Å². The molecule has 4 heterocycles. The molecule has 2 saturated heterocycles. The fourth-order valence-electron chi connectivity index (χ4n) is 8.16. The average molecular weight is 926 g/mol. The molecule has 0 radical (unpaired) electrons. The summed E-state index contributed by atoms with van der Waals surface area (Å²) in [5, 5.41) is 27.6. The first-order valence-corrected chi connectivity index (χ1v) is 21.3. The molecule has 18 nitrogen and oxygen atoms in total. The maximum absolute atomic E-state index is 15.4. The van der Waals surface area contributed by atoms with Crippen LogP contribution in [-0.4, -0.2) is 105 Å². The van der Waals surface area contributed by atoms with Crippen LogP contribution in [0.5, 0.6) is 5.75 Å². The largest absolute Gasteiger partial charge is 1.00 e. The Morgan fingerprint density at radius 3 is 2.25 bits per heavy atom. The highest BCUT2D eigenvalue weighted by Crippen LogP contribution is 2.42. The Hall–Kier alpha value is -6.09. The molecule has 2 fully saturated rings. The van der Waals surface area contributed by atoms with Crippen molar-refractivity contribution in [1.29, 1.82) is 0 Å². The van der Waals surface area contributed by atoms with Gasteiger partial charge in [0.15, 0.2) is 0 Å². The molecule has 0 saturated carbocycles. The number of aromatic nitrogens is 6. The molecule has 65 heavy (non-hydrogen) atoms. The van der Waals surface area contributed by atoms with Crippen molar-refractivity contribution in [3.8, 4) is 11.4 Å². The van der Waals surface area contributed by atoms with Crippen molar-refractivity contribution in [3.63, 3.8) is 0 Å². The minimum atomic E-state index is -1.22. The van der Waals surface area contributed by atoms with Crippen molar-refractivity contribution >= 4 is 23.5 Å². The van der Waals surface area contributed by atoms with Crippen LogP contribution in [0.4, 0.5) is 25.0 Å². The van der Waals surface area contributed by atoms with Gasteiger partial charge in [-0.3, -0.25) is 4.79 Å². The summed E-state index contributed by atoms with van der Waals surface area (Å²) < 4.78 is 58.1. The van der Waals surface area contributed by atoms with Crippen LogP contribution in [0.15, 0.2) is 90.5 Å². The van der Waals surface area contributed by atoms with E-state index in [9.17, 15) is 23.9 Å². The maximum Gasteiger partial charge on any atom is 0.511 e. The van der Waals surface area contributed by atoms with Crippen molar-refractivity contribution in [2.24, 2.45) is 11.7 Å². The number of nitrogens with two attached hydrogens (primary N) is 1. The van der Waals surface area contributed by atoms with Gasteiger partial charge in [0.05, 0.1) is 37.7 Å². The van der Waals surface area contributed by atoms with Gasteiger partial charge in [-0.05, 0) is 74.4 Å². The molecule has 2 aromatic heterocycles. The monoisotopic (exact) mass is 925 g/mol. The van der Waals surface area contributed by atoms with Gasteiger partial charge in [-0.1, -0.05) is 13.0 Å². The Kier molecular flexibility index (Phi) is 15.8. The van der Waals surface area contributed by atoms with E-state index in [1.165, 1.54) is 43.3 Å². The lowest BCUT2D eigenvalue weighted by molar-refractivity contribution is -0.754. The summed E-state index contributed by atoms with van der Waals surface area (Å²) in [6, 6.07) is 17.5. The molecule has 1 unspecified atom stereocenters. The minimum Gasteiger partial charge on any atom is -1.00 e. The van der Waals surface area contributed by atoms with Gasteiger partial charge < -0.3 is 57.1 Å². The van der Waals surface area contributed by atoms with Crippen LogP contribution in [0.25, 0.3) is 5.69 Å². The van der Waals surface area contributed by atoms with Crippen molar-refractivity contribution < 1.29 is 64.5 Å². The molecule has 21 heteroatoms. The zero-order chi connectivity index (χ0) is 45.5. The highest BCUT2D eigenvalue weighted by molar-refractivity contribution is 5.73. The molecular formula is C44H54ClF2N9O9. The van der Waals surface area contributed by atoms with Crippen LogP contribution < -0.4 is 42.9 Å². The van der Waals surface area contributed by atoms with Crippen molar-refractivity contribution in [1.82, 2.24) is 24.1 Å². The van der Waals surface area contributed by atoms with E-state index in [0.29, 0.717) is 24.3 Å². The average Bonchev–Trinajstić information content (AvgIpc) is 4.02. The molecular weight excluding hydrogens is 872 g/mol. The van der Waals surface area contributed by atoms with E-state index in [4.69, 9.17) is 29.8 Å². The van der Waals surface area contributed by atoms with Crippen molar-refractivity contribution in [2.45, 2.75) is 76.6 Å². The van der Waals surface area contributed by atoms with Gasteiger partial charge >= 0.3 is 17.8 Å². The first-order valence-electron chi connectivity index (χ1n) is 21.3. The Balaban J connectivity index is 0.00000700. The van der Waals surface area contributed by atoms with Gasteiger partial charge in [-0.2, -0.15) is 9.67 Å². The molecule has 350 valence electrons. The smallest absolute Gasteiger partial charge is 0.511 e. The molecule has 3 aromatic carbocycles. The first kappa shape index (κ1) is 48.4. The number of aliphatic hydroxyl groups is 1. The van der Waals surface area contributed by atoms with Gasteiger partial charge in [0.2, 0.25) is 12.6 Å². The molecule has 7 rings (SSSR count). The molecule has 0 aliphatic carbocycles. The number of carboxylic acid groups (broad SMARTS) is 1. The number of carboxylic acids is 1. The van der Waals surface area contributed by atoms with Gasteiger partial charge in [-0.15, -0.1) is 4.68 Å². The van der Waals surface area contributed by atoms with Gasteiger partial charge in [-0.25, -0.2) is 27.6 Å². The Labute approximate surface area is 380 Å². The minimum absolute atomic E-state index is 0. The highest BCUT2D eigenvalue weighted by Gasteiger charge is 2.46. The summed E-state index contributed by atoms with van der Waals surface area (Å²) >= 11 is 0. The summed E-state index contributed by atoms with van der Waals surface area (Å²) in [7, 11) is 0. The predicted octanol–water partition coefficient (Wildman–Crippen LogP) is 0.943. The van der Waals surface area contributed by atoms with E-state index >= 15 is 4.39 Å². The normalized spacial score (nSPS) is 19.2. The maximum atomic E-state index is 15.4. The van der Waals surface area contributed by atoms with Crippen molar-refractivity contribution in [3.05, 3.63) is 113 Å². The molecule has 2 aliphatic rings. The SMILES string of the molecule is CC[C@@H]([C@H](C)O)n1ncn(-c2ccc(N3CCN(c4ccc(OC[C@@H]5CO[C@@](Cn6c[n+](C(C)OC(=O)OCC[C@@H](N)C(=O)O)cn6)(c6ccc(F)cc6F)C5)cc4)CC3)cc2)c1=O.[Cl-]. The Morgan fingerprint density at radius 1 is 0.985 bits per heavy atom. The fraction of sp³-hybridized carbons (Fsp3) is 0.455. The number of hydrogen-bond donors (Lipinski definition) is 3. The van der Waals surface area contributed by atoms with Gasteiger partial charge in [0, 0.05) is 73.5 Å². The number of ether oxygens (including phenoxy) is 4. The topological polar surface area (TPSA) is 206 Å². The van der Waals surface area contributed by atoms with E-state index in [-0.39, 0.29) is 62.4 Å². The zero-order valence-electron chi connectivity index (χ0n) is 36.3. The number of anilines is 2. The quantitative estimate of drug-likeness (QED) is 0.0828. The summed E-state index contributed by atoms with van der Waals surface area (Å²) in [4.78, 5) is 40.8. The van der Waals surface area contributed by atoms with Gasteiger partial charge in [0.1, 0.15) is 41.9 Å². The lowest BCUT2D eigenvalue weighted by Gasteiger charge is -2.37. The van der Waals surface area contributed by atoms with Gasteiger partial charge in [0.25, 0.3) is 6.33 Å². The van der Waals surface area contributed by atoms with E-state index in [2.05, 4.69) is 20.0 Å². The molecule has 0 spiro atoms. The third kappa shape index (κ3) is 11.4. The third-order valence-corrected chi connectivity index (χ3v) is 11.7. The summed E-state index contributed by atoms with van der Waals surface area (Å²) in [6.07, 6.45) is 2.71. The molecule has 5 aromatic rings. The zero-order valence-corrected chi connectivity index (χ0v) is 37.0. The van der Waals surface area contributed by atoms with E-state index in [1.54, 1.807) is 20.2 Å². The first-order chi connectivity index (χ1) is 30.7. The molecule has 2 aliphatic heterocycles. The van der Waals surface area contributed by atoms with E-state index < -0.39 is 53.8 Å². The van der Waals surface area contributed by atoms with Crippen LogP contribution in [0.1, 0.15) is 57.9 Å². The number of rotatable bonds is 18. The number of carbonyl (C=O) groups is 2. The fourth-order valence-corrected chi connectivity index (χ4v) is 8.16. The second-order valence-corrected chi connectivity index (χ2v) is 16.2. The number of nitrogens with zero attached hydrogens (tertiary/aromatic N) is 8. The number of benzene rings is 3. The second kappa shape index (κ2) is 21.3. The number of carbonyl (C=O) groups excluding carboxylic acids is 1. The van der Waals surface area contributed by atoms with Crippen LogP contribution in [0.3, 0.4) is 0 Å². The lowest BCUT2D eigenvalue weighted by atomic mass is 9.87. The highest BCUT2D eigenvalue weighted by atomic mass is 35.5. The van der Waals surface area contributed by atoms with E-state index in [0.717, 1.165) is 43.6 Å². The van der Waals surface area contributed by atoms with Crippen LogP contribution in [-0.2, 0) is 31.2 Å². The Morgan fingerprint density at radius 2 is 1.63 bits per heavy atom. The van der Waals surface area contributed by atoms with Crippen LogP contribution >= 0.6 is 0 Å². The molecule has 6 atom stereocenters. The lowest BCUT2D eigenvalue weighted by Crippen LogP contribution is -3.00. The molecule has 0 amide bonds. The number of hydrogen-bond acceptors (Lipinski definition) is 13. The predicted molar refractivity (Wildman–Crippen MR) is 227 cm³/mol. The number of piperazine rings is 1. The molecule has 0 bridgehead atoms. The summed E-state index contributed by atoms with van der Waals surface area (Å²) in [5.41, 5.74) is 6.91. The van der Waals surface area contributed by atoms with Crippen LogP contribution in [0.2, 0.25) is 0 Å².